The summed E-state index contributed by atoms with van der Waals surface area (Å²) < 4.78 is 27.8. The zero-order valence-corrected chi connectivity index (χ0v) is 24.0. The van der Waals surface area contributed by atoms with Crippen molar-refractivity contribution in [3.8, 4) is 10.4 Å². The Kier molecular flexibility index (Phi) is 7.13. The van der Waals surface area contributed by atoms with Gasteiger partial charge in [0.1, 0.15) is 0 Å². The van der Waals surface area contributed by atoms with Gasteiger partial charge in [0.2, 0.25) is 0 Å². The SMILES string of the molecule is CC(C)OC(=O)N[C@H]1CC[C@H](c2ncc(-c3ccc(Nc4cc(C5CC5)[nH]n4)cc3S(=N)(=O)C3CC3)s2)CC1. The summed E-state index contributed by atoms with van der Waals surface area (Å²) in [5, 5.41) is 14.8. The van der Waals surface area contributed by atoms with E-state index in [0.717, 1.165) is 71.2 Å². The van der Waals surface area contributed by atoms with Crippen molar-refractivity contribution < 1.29 is 13.7 Å². The van der Waals surface area contributed by atoms with Gasteiger partial charge in [-0.05, 0) is 77.3 Å². The molecule has 3 fully saturated rings. The van der Waals surface area contributed by atoms with Crippen LogP contribution in [0.4, 0.5) is 16.3 Å². The third-order valence-electron chi connectivity index (χ3n) is 7.72. The Morgan fingerprint density at radius 2 is 1.85 bits per heavy atom. The smallest absolute Gasteiger partial charge is 0.407 e. The van der Waals surface area contributed by atoms with Gasteiger partial charge >= 0.3 is 6.09 Å². The van der Waals surface area contributed by atoms with Gasteiger partial charge in [0.05, 0.1) is 30.6 Å². The first kappa shape index (κ1) is 26.3. The number of aromatic amines is 1. The van der Waals surface area contributed by atoms with Gasteiger partial charge in [-0.25, -0.2) is 18.8 Å². The highest BCUT2D eigenvalue weighted by Crippen LogP contribution is 2.44. The number of anilines is 2. The molecule has 9 nitrogen and oxygen atoms in total. The lowest BCUT2D eigenvalue weighted by Gasteiger charge is -2.28. The van der Waals surface area contributed by atoms with Crippen LogP contribution in [0.5, 0.6) is 0 Å². The summed E-state index contributed by atoms with van der Waals surface area (Å²) in [6.07, 6.45) is 9.11. The molecule has 2 aromatic heterocycles. The first-order chi connectivity index (χ1) is 18.8. The number of alkyl carbamates (subject to hydrolysis) is 1. The summed E-state index contributed by atoms with van der Waals surface area (Å²) in [5.74, 6) is 1.65. The number of hydrogen-bond donors (Lipinski definition) is 4. The van der Waals surface area contributed by atoms with E-state index in [1.807, 2.05) is 44.3 Å². The third kappa shape index (κ3) is 5.99. The van der Waals surface area contributed by atoms with Crippen molar-refractivity contribution in [3.05, 3.63) is 41.2 Å². The average Bonchev–Trinajstić information content (AvgIpc) is 3.84. The van der Waals surface area contributed by atoms with Crippen molar-refractivity contribution in [1.82, 2.24) is 20.5 Å². The molecule has 6 rings (SSSR count). The third-order valence-corrected chi connectivity index (χ3v) is 11.3. The monoisotopic (exact) mass is 568 g/mol. The molecule has 0 bridgehead atoms. The second-order valence-electron chi connectivity index (χ2n) is 11.3. The molecule has 0 aliphatic heterocycles. The minimum atomic E-state index is -2.94. The van der Waals surface area contributed by atoms with Crippen LogP contribution in [0, 0.1) is 4.78 Å². The molecular formula is C28H36N6O3S2. The second kappa shape index (κ2) is 10.6. The molecule has 208 valence electrons. The van der Waals surface area contributed by atoms with Gasteiger partial charge in [-0.2, -0.15) is 5.10 Å². The number of amides is 1. The van der Waals surface area contributed by atoms with Gasteiger partial charge in [0.25, 0.3) is 0 Å². The van der Waals surface area contributed by atoms with Crippen molar-refractivity contribution in [1.29, 1.82) is 4.78 Å². The number of H-pyrrole nitrogens is 1. The number of aromatic nitrogens is 3. The van der Waals surface area contributed by atoms with E-state index in [2.05, 4.69) is 20.8 Å². The van der Waals surface area contributed by atoms with Crippen LogP contribution < -0.4 is 10.6 Å². The summed E-state index contributed by atoms with van der Waals surface area (Å²) in [6.45, 7) is 3.69. The largest absolute Gasteiger partial charge is 0.447 e. The van der Waals surface area contributed by atoms with Gasteiger partial charge in [0, 0.05) is 52.3 Å². The number of ether oxygens (including phenoxy) is 1. The number of nitrogens with zero attached hydrogens (tertiary/aromatic N) is 2. The van der Waals surface area contributed by atoms with Crippen molar-refractivity contribution in [3.63, 3.8) is 0 Å². The Bertz CT molecular complexity index is 1450. The fourth-order valence-electron chi connectivity index (χ4n) is 5.29. The van der Waals surface area contributed by atoms with E-state index in [0.29, 0.717) is 16.7 Å². The molecule has 2 heterocycles. The number of benzene rings is 1. The topological polar surface area (TPSA) is 133 Å². The summed E-state index contributed by atoms with van der Waals surface area (Å²) in [6, 6.07) is 7.98. The minimum absolute atomic E-state index is 0.0871. The van der Waals surface area contributed by atoms with Crippen LogP contribution >= 0.6 is 11.3 Å². The minimum Gasteiger partial charge on any atom is -0.447 e. The predicted molar refractivity (Wildman–Crippen MR) is 153 cm³/mol. The summed E-state index contributed by atoms with van der Waals surface area (Å²) in [7, 11) is -2.94. The number of rotatable bonds is 9. The molecule has 4 N–H and O–H groups in total. The zero-order valence-electron chi connectivity index (χ0n) is 22.4. The standard InChI is InChI=1S/C28H36N6O3S2/c1-16(2)37-28(35)32-19-7-5-18(6-8-19)27-30-15-24(38-27)22-12-9-20(13-25(22)39(29,36)21-10-11-21)31-26-14-23(33-34-26)17-3-4-17/h9,12-19,21,29H,3-8,10-11H2,1-2H3,(H,32,35)(H2,31,33,34)/t18-,19-,39?. The van der Waals surface area contributed by atoms with E-state index in [-0.39, 0.29) is 23.5 Å². The van der Waals surface area contributed by atoms with E-state index in [1.165, 1.54) is 12.8 Å². The van der Waals surface area contributed by atoms with Gasteiger partial charge in [-0.3, -0.25) is 5.10 Å². The number of thiazole rings is 1. The first-order valence-corrected chi connectivity index (χ1v) is 16.4. The Morgan fingerprint density at radius 1 is 1.10 bits per heavy atom. The summed E-state index contributed by atoms with van der Waals surface area (Å²) in [5.41, 5.74) is 2.77. The van der Waals surface area contributed by atoms with Gasteiger partial charge in [0.15, 0.2) is 5.82 Å². The fraction of sp³-hybridized carbons (Fsp3) is 0.536. The van der Waals surface area contributed by atoms with E-state index < -0.39 is 9.73 Å². The van der Waals surface area contributed by atoms with Crippen molar-refractivity contribution in [2.24, 2.45) is 0 Å². The van der Waals surface area contributed by atoms with Crippen LogP contribution in [0.25, 0.3) is 10.4 Å². The molecule has 1 amide bonds. The maximum Gasteiger partial charge on any atom is 0.407 e. The van der Waals surface area contributed by atoms with Crippen LogP contribution in [-0.4, -0.2) is 42.9 Å². The molecule has 0 saturated heterocycles. The van der Waals surface area contributed by atoms with E-state index in [9.17, 15) is 9.00 Å². The lowest BCUT2D eigenvalue weighted by Crippen LogP contribution is -2.38. The molecule has 0 radical (unpaired) electrons. The fourth-order valence-corrected chi connectivity index (χ4v) is 8.44. The van der Waals surface area contributed by atoms with Crippen LogP contribution in [0.15, 0.2) is 35.4 Å². The highest BCUT2D eigenvalue weighted by Gasteiger charge is 2.36. The van der Waals surface area contributed by atoms with Crippen LogP contribution in [0.2, 0.25) is 0 Å². The highest BCUT2D eigenvalue weighted by molar-refractivity contribution is 7.93. The molecule has 3 aliphatic carbocycles. The highest BCUT2D eigenvalue weighted by atomic mass is 32.2. The van der Waals surface area contributed by atoms with Crippen molar-refractivity contribution in [2.45, 2.75) is 99.3 Å². The molecular weight excluding hydrogens is 532 g/mol. The first-order valence-electron chi connectivity index (χ1n) is 13.9. The molecule has 1 unspecified atom stereocenters. The molecule has 3 aliphatic rings. The van der Waals surface area contributed by atoms with E-state index in [4.69, 9.17) is 14.5 Å². The molecule has 3 aromatic rings. The van der Waals surface area contributed by atoms with Crippen LogP contribution in [0.1, 0.15) is 87.8 Å². The maximum absolute atomic E-state index is 13.7. The van der Waals surface area contributed by atoms with Crippen molar-refractivity contribution >= 4 is 38.7 Å². The Morgan fingerprint density at radius 3 is 2.54 bits per heavy atom. The molecule has 1 atom stereocenters. The van der Waals surface area contributed by atoms with Crippen LogP contribution in [-0.2, 0) is 14.5 Å². The zero-order chi connectivity index (χ0) is 27.1. The average molecular weight is 569 g/mol. The maximum atomic E-state index is 13.7. The summed E-state index contributed by atoms with van der Waals surface area (Å²) in [4.78, 5) is 18.3. The number of carbonyl (C=O) groups excluding carboxylic acids is 1. The molecule has 39 heavy (non-hydrogen) atoms. The molecule has 1 aromatic carbocycles. The quantitative estimate of drug-likeness (QED) is 0.222. The van der Waals surface area contributed by atoms with Gasteiger partial charge < -0.3 is 15.4 Å². The lowest BCUT2D eigenvalue weighted by molar-refractivity contribution is 0.109. The molecule has 3 saturated carbocycles. The predicted octanol–water partition coefficient (Wildman–Crippen LogP) is 6.88. The number of carbonyl (C=O) groups is 1. The second-order valence-corrected chi connectivity index (χ2v) is 14.7. The molecule has 11 heteroatoms. The normalized spacial score (nSPS) is 22.8. The summed E-state index contributed by atoms with van der Waals surface area (Å²) >= 11 is 1.63. The molecule has 0 spiro atoms. The van der Waals surface area contributed by atoms with E-state index in [1.54, 1.807) is 11.3 Å². The Labute approximate surface area is 233 Å². The number of hydrogen-bond acceptors (Lipinski definition) is 8. The van der Waals surface area contributed by atoms with Gasteiger partial charge in [-0.1, -0.05) is 6.07 Å². The van der Waals surface area contributed by atoms with Gasteiger partial charge in [-0.15, -0.1) is 11.3 Å². The van der Waals surface area contributed by atoms with Crippen LogP contribution in [0.3, 0.4) is 0 Å². The van der Waals surface area contributed by atoms with Crippen molar-refractivity contribution in [2.75, 3.05) is 5.32 Å². The number of nitrogens with one attached hydrogen (secondary N) is 4. The Hall–Kier alpha value is -2.92. The lowest BCUT2D eigenvalue weighted by atomic mass is 9.86. The van der Waals surface area contributed by atoms with E-state index >= 15 is 0 Å². The Balaban J connectivity index is 1.18.